The molecule has 0 radical (unpaired) electrons. The van der Waals surface area contributed by atoms with Crippen LogP contribution in [-0.4, -0.2) is 24.3 Å². The summed E-state index contributed by atoms with van der Waals surface area (Å²) in [4.78, 5) is 12.1. The Morgan fingerprint density at radius 1 is 1.25 bits per heavy atom. The molecule has 0 saturated carbocycles. The van der Waals surface area contributed by atoms with Crippen molar-refractivity contribution in [1.82, 2.24) is 5.32 Å². The van der Waals surface area contributed by atoms with Gasteiger partial charge in [-0.05, 0) is 43.2 Å². The monoisotopic (exact) mass is 363 g/mol. The molecule has 5 heteroatoms. The predicted molar refractivity (Wildman–Crippen MR) is 102 cm³/mol. The standard InChI is InChI=1S/C19H22ClNO2S/c1-14-12-17(8-9-18(14)20)23-15(2)19(22)21-10-11-24-13-16-6-4-3-5-7-16/h3-9,12,15H,10-11,13H2,1-2H3,(H,21,22)/t15-/m1/s1. The minimum Gasteiger partial charge on any atom is -0.481 e. The van der Waals surface area contributed by atoms with Crippen LogP contribution in [0.5, 0.6) is 5.75 Å². The third-order valence-corrected chi connectivity index (χ3v) is 4.92. The van der Waals surface area contributed by atoms with Gasteiger partial charge in [0.15, 0.2) is 6.10 Å². The summed E-state index contributed by atoms with van der Waals surface area (Å²) in [6.45, 7) is 4.28. The smallest absolute Gasteiger partial charge is 0.260 e. The van der Waals surface area contributed by atoms with Crippen molar-refractivity contribution in [2.45, 2.75) is 25.7 Å². The number of ether oxygens (including phenoxy) is 1. The quantitative estimate of drug-likeness (QED) is 0.703. The maximum absolute atomic E-state index is 12.1. The summed E-state index contributed by atoms with van der Waals surface area (Å²) in [6.07, 6.45) is -0.537. The third kappa shape index (κ3) is 6.10. The first kappa shape index (κ1) is 18.7. The first-order valence-corrected chi connectivity index (χ1v) is 9.41. The Morgan fingerprint density at radius 3 is 2.71 bits per heavy atom. The van der Waals surface area contributed by atoms with Gasteiger partial charge in [0, 0.05) is 23.1 Å². The fraction of sp³-hybridized carbons (Fsp3) is 0.316. The number of benzene rings is 2. The molecule has 0 heterocycles. The van der Waals surface area contributed by atoms with Crippen molar-refractivity contribution in [3.05, 3.63) is 64.7 Å². The Balaban J connectivity index is 1.67. The van der Waals surface area contributed by atoms with Crippen molar-refractivity contribution in [3.8, 4) is 5.75 Å². The van der Waals surface area contributed by atoms with E-state index in [-0.39, 0.29) is 5.91 Å². The number of nitrogens with one attached hydrogen (secondary N) is 1. The van der Waals surface area contributed by atoms with Gasteiger partial charge in [-0.3, -0.25) is 4.79 Å². The third-order valence-electron chi connectivity index (χ3n) is 3.47. The van der Waals surface area contributed by atoms with E-state index in [1.807, 2.05) is 31.2 Å². The number of carbonyl (C=O) groups is 1. The van der Waals surface area contributed by atoms with Crippen LogP contribution in [0.2, 0.25) is 5.02 Å². The lowest BCUT2D eigenvalue weighted by atomic mass is 10.2. The van der Waals surface area contributed by atoms with Crippen molar-refractivity contribution in [2.24, 2.45) is 0 Å². The van der Waals surface area contributed by atoms with Crippen LogP contribution in [0, 0.1) is 6.92 Å². The van der Waals surface area contributed by atoms with E-state index in [4.69, 9.17) is 16.3 Å². The Hall–Kier alpha value is -1.65. The summed E-state index contributed by atoms with van der Waals surface area (Å²) in [5.41, 5.74) is 2.22. The normalized spacial score (nSPS) is 11.8. The molecule has 2 aromatic rings. The molecule has 0 saturated heterocycles. The number of amides is 1. The predicted octanol–water partition coefficient (Wildman–Crippen LogP) is 4.47. The number of halogens is 1. The van der Waals surface area contributed by atoms with Gasteiger partial charge >= 0.3 is 0 Å². The summed E-state index contributed by atoms with van der Waals surface area (Å²) in [7, 11) is 0. The number of thioether (sulfide) groups is 1. The van der Waals surface area contributed by atoms with Crippen LogP contribution in [0.25, 0.3) is 0 Å². The highest BCUT2D eigenvalue weighted by Gasteiger charge is 2.14. The van der Waals surface area contributed by atoms with Gasteiger partial charge in [0.2, 0.25) is 0 Å². The van der Waals surface area contributed by atoms with Gasteiger partial charge in [-0.25, -0.2) is 0 Å². The Kier molecular flexibility index (Phi) is 7.47. The molecule has 2 rings (SSSR count). The molecule has 1 N–H and O–H groups in total. The fourth-order valence-electron chi connectivity index (χ4n) is 2.10. The van der Waals surface area contributed by atoms with Crippen molar-refractivity contribution in [3.63, 3.8) is 0 Å². The molecule has 0 unspecified atom stereocenters. The van der Waals surface area contributed by atoms with Crippen LogP contribution in [-0.2, 0) is 10.5 Å². The van der Waals surface area contributed by atoms with Crippen LogP contribution < -0.4 is 10.1 Å². The maximum atomic E-state index is 12.1. The van der Waals surface area contributed by atoms with Crippen LogP contribution in [0.1, 0.15) is 18.1 Å². The van der Waals surface area contributed by atoms with Crippen molar-refractivity contribution < 1.29 is 9.53 Å². The van der Waals surface area contributed by atoms with Crippen LogP contribution in [0.4, 0.5) is 0 Å². The minimum atomic E-state index is -0.537. The van der Waals surface area contributed by atoms with Gasteiger partial charge < -0.3 is 10.1 Å². The zero-order valence-electron chi connectivity index (χ0n) is 13.9. The van der Waals surface area contributed by atoms with Crippen LogP contribution in [0.15, 0.2) is 48.5 Å². The van der Waals surface area contributed by atoms with Gasteiger partial charge in [0.25, 0.3) is 5.91 Å². The molecule has 1 amide bonds. The number of rotatable bonds is 8. The van der Waals surface area contributed by atoms with Gasteiger partial charge in [-0.2, -0.15) is 11.8 Å². The second-order valence-corrected chi connectivity index (χ2v) is 7.01. The van der Waals surface area contributed by atoms with Gasteiger partial charge in [-0.1, -0.05) is 41.9 Å². The highest BCUT2D eigenvalue weighted by Crippen LogP contribution is 2.21. The number of carbonyl (C=O) groups excluding carboxylic acids is 1. The maximum Gasteiger partial charge on any atom is 0.260 e. The summed E-state index contributed by atoms with van der Waals surface area (Å²) in [5.74, 6) is 2.36. The summed E-state index contributed by atoms with van der Waals surface area (Å²) < 4.78 is 5.66. The zero-order chi connectivity index (χ0) is 17.4. The molecule has 0 bridgehead atoms. The zero-order valence-corrected chi connectivity index (χ0v) is 15.5. The van der Waals surface area contributed by atoms with Crippen molar-refractivity contribution in [1.29, 1.82) is 0 Å². The first-order chi connectivity index (χ1) is 11.6. The molecule has 0 aliphatic heterocycles. The van der Waals surface area contributed by atoms with Crippen molar-refractivity contribution >= 4 is 29.3 Å². The highest BCUT2D eigenvalue weighted by atomic mass is 35.5. The fourth-order valence-corrected chi connectivity index (χ4v) is 3.04. The average molecular weight is 364 g/mol. The van der Waals surface area contributed by atoms with Crippen molar-refractivity contribution in [2.75, 3.05) is 12.3 Å². The molecule has 2 aromatic carbocycles. The number of aryl methyl sites for hydroxylation is 1. The minimum absolute atomic E-state index is 0.108. The molecule has 1 atom stereocenters. The summed E-state index contributed by atoms with van der Waals surface area (Å²) >= 11 is 7.78. The second-order valence-electron chi connectivity index (χ2n) is 5.50. The topological polar surface area (TPSA) is 38.3 Å². The second kappa shape index (κ2) is 9.60. The molecule has 0 aromatic heterocycles. The lowest BCUT2D eigenvalue weighted by Crippen LogP contribution is -2.37. The lowest BCUT2D eigenvalue weighted by molar-refractivity contribution is -0.127. The van der Waals surface area contributed by atoms with Gasteiger partial charge in [-0.15, -0.1) is 0 Å². The van der Waals surface area contributed by atoms with Crippen LogP contribution >= 0.6 is 23.4 Å². The molecule has 0 fully saturated rings. The molecular formula is C19H22ClNO2S. The molecule has 128 valence electrons. The van der Waals surface area contributed by atoms with Crippen LogP contribution in [0.3, 0.4) is 0 Å². The Labute approximate surface area is 152 Å². The lowest BCUT2D eigenvalue weighted by Gasteiger charge is -2.15. The van der Waals surface area contributed by atoms with Gasteiger partial charge in [0.1, 0.15) is 5.75 Å². The highest BCUT2D eigenvalue weighted by molar-refractivity contribution is 7.98. The molecule has 0 aliphatic carbocycles. The van der Waals surface area contributed by atoms with E-state index in [9.17, 15) is 4.79 Å². The average Bonchev–Trinajstić information content (AvgIpc) is 2.58. The molecule has 3 nitrogen and oxygen atoms in total. The Morgan fingerprint density at radius 2 is 2.00 bits per heavy atom. The van der Waals surface area contributed by atoms with E-state index in [2.05, 4.69) is 17.4 Å². The number of hydrogen-bond donors (Lipinski definition) is 1. The first-order valence-electron chi connectivity index (χ1n) is 7.88. The molecule has 0 aliphatic rings. The largest absolute Gasteiger partial charge is 0.481 e. The molecule has 0 spiro atoms. The molecule has 24 heavy (non-hydrogen) atoms. The number of hydrogen-bond acceptors (Lipinski definition) is 3. The van der Waals surface area contributed by atoms with E-state index in [1.54, 1.807) is 30.8 Å². The summed E-state index contributed by atoms with van der Waals surface area (Å²) in [5, 5.41) is 3.59. The Bertz CT molecular complexity index is 664. The van der Waals surface area contributed by atoms with E-state index < -0.39 is 6.10 Å². The van der Waals surface area contributed by atoms with E-state index in [0.717, 1.165) is 17.1 Å². The molecular weight excluding hydrogens is 342 g/mol. The SMILES string of the molecule is Cc1cc(O[C@H](C)C(=O)NCCSCc2ccccc2)ccc1Cl. The van der Waals surface area contributed by atoms with Gasteiger partial charge in [0.05, 0.1) is 0 Å². The van der Waals surface area contributed by atoms with E-state index in [0.29, 0.717) is 17.3 Å². The summed E-state index contributed by atoms with van der Waals surface area (Å²) in [6, 6.07) is 15.7. The van der Waals surface area contributed by atoms with E-state index >= 15 is 0 Å². The van der Waals surface area contributed by atoms with E-state index in [1.165, 1.54) is 5.56 Å².